The third-order valence-electron chi connectivity index (χ3n) is 2.24. The van der Waals surface area contributed by atoms with Gasteiger partial charge in [-0.2, -0.15) is 5.10 Å². The molecule has 0 radical (unpaired) electrons. The van der Waals surface area contributed by atoms with Crippen molar-refractivity contribution in [2.75, 3.05) is 0 Å². The van der Waals surface area contributed by atoms with E-state index in [4.69, 9.17) is 5.73 Å². The number of nitrogens with zero attached hydrogens (tertiary/aromatic N) is 2. The number of halogens is 2. The zero-order chi connectivity index (χ0) is 11.7. The van der Waals surface area contributed by atoms with Gasteiger partial charge >= 0.3 is 0 Å². The normalized spacial score (nSPS) is 13.0. The first-order valence-electron chi connectivity index (χ1n) is 4.74. The smallest absolute Gasteiger partial charge is 0.0843 e. The van der Waals surface area contributed by atoms with E-state index >= 15 is 0 Å². The van der Waals surface area contributed by atoms with Gasteiger partial charge in [-0.1, -0.05) is 0 Å². The van der Waals surface area contributed by atoms with Gasteiger partial charge in [0.15, 0.2) is 0 Å². The Morgan fingerprint density at radius 3 is 2.81 bits per heavy atom. The molecule has 0 fully saturated rings. The fourth-order valence-corrected chi connectivity index (χ4v) is 3.57. The highest BCUT2D eigenvalue weighted by molar-refractivity contribution is 9.13. The molecule has 2 rings (SSSR count). The fourth-order valence-electron chi connectivity index (χ4n) is 1.48. The summed E-state index contributed by atoms with van der Waals surface area (Å²) in [4.78, 5) is 1.17. The van der Waals surface area contributed by atoms with Crippen molar-refractivity contribution in [1.29, 1.82) is 0 Å². The third-order valence-corrected chi connectivity index (χ3v) is 5.63. The Balaban J connectivity index is 2.11. The van der Waals surface area contributed by atoms with Gasteiger partial charge in [0.05, 0.1) is 9.98 Å². The van der Waals surface area contributed by atoms with E-state index in [2.05, 4.69) is 43.0 Å². The van der Waals surface area contributed by atoms with E-state index in [1.165, 1.54) is 4.88 Å². The number of nitrogens with two attached hydrogens (primary N) is 1. The van der Waals surface area contributed by atoms with E-state index in [1.807, 2.05) is 19.4 Å². The predicted octanol–water partition coefficient (Wildman–Crippen LogP) is 3.25. The first-order valence-corrected chi connectivity index (χ1v) is 7.14. The minimum absolute atomic E-state index is 0.0248. The van der Waals surface area contributed by atoms with Crippen LogP contribution in [0.25, 0.3) is 0 Å². The number of rotatable bonds is 3. The van der Waals surface area contributed by atoms with Crippen molar-refractivity contribution in [3.05, 3.63) is 37.2 Å². The van der Waals surface area contributed by atoms with Gasteiger partial charge in [-0.3, -0.25) is 4.68 Å². The fraction of sp³-hybridized carbons (Fsp3) is 0.300. The van der Waals surface area contributed by atoms with Gasteiger partial charge in [0.2, 0.25) is 0 Å². The van der Waals surface area contributed by atoms with Crippen molar-refractivity contribution in [1.82, 2.24) is 9.78 Å². The van der Waals surface area contributed by atoms with Gasteiger partial charge in [-0.15, -0.1) is 11.3 Å². The maximum absolute atomic E-state index is 6.15. The Morgan fingerprint density at radius 2 is 2.31 bits per heavy atom. The van der Waals surface area contributed by atoms with E-state index in [-0.39, 0.29) is 6.04 Å². The molecule has 0 aromatic carbocycles. The molecule has 16 heavy (non-hydrogen) atoms. The van der Waals surface area contributed by atoms with Gasteiger partial charge < -0.3 is 5.73 Å². The summed E-state index contributed by atoms with van der Waals surface area (Å²) in [6, 6.07) is 2.09. The molecular weight excluding hydrogens is 354 g/mol. The molecule has 3 nitrogen and oxygen atoms in total. The highest BCUT2D eigenvalue weighted by atomic mass is 79.9. The summed E-state index contributed by atoms with van der Waals surface area (Å²) in [6.45, 7) is 0. The van der Waals surface area contributed by atoms with Crippen LogP contribution < -0.4 is 5.73 Å². The van der Waals surface area contributed by atoms with Crippen LogP contribution in [0, 0.1) is 0 Å². The number of hydrogen-bond acceptors (Lipinski definition) is 3. The molecule has 0 amide bonds. The summed E-state index contributed by atoms with van der Waals surface area (Å²) in [7, 11) is 1.91. The first kappa shape index (κ1) is 12.3. The predicted molar refractivity (Wildman–Crippen MR) is 73.6 cm³/mol. The number of aromatic nitrogens is 2. The average Bonchev–Trinajstić information content (AvgIpc) is 2.75. The summed E-state index contributed by atoms with van der Waals surface area (Å²) in [5.74, 6) is 0. The van der Waals surface area contributed by atoms with Crippen molar-refractivity contribution in [2.24, 2.45) is 12.8 Å². The summed E-state index contributed by atoms with van der Waals surface area (Å²) in [5.41, 5.74) is 7.31. The SMILES string of the molecule is Cn1cc(CC(N)c2cc(Br)c(Br)s2)cn1. The third kappa shape index (κ3) is 2.74. The second kappa shape index (κ2) is 5.00. The minimum atomic E-state index is 0.0248. The molecule has 0 bridgehead atoms. The van der Waals surface area contributed by atoms with E-state index in [1.54, 1.807) is 16.0 Å². The van der Waals surface area contributed by atoms with Crippen molar-refractivity contribution in [2.45, 2.75) is 12.5 Å². The molecule has 86 valence electrons. The monoisotopic (exact) mass is 363 g/mol. The van der Waals surface area contributed by atoms with Crippen LogP contribution in [0.2, 0.25) is 0 Å². The average molecular weight is 365 g/mol. The molecular formula is C10H11Br2N3S. The second-order valence-electron chi connectivity index (χ2n) is 3.60. The van der Waals surface area contributed by atoms with Gasteiger partial charge in [0.1, 0.15) is 0 Å². The Hall–Kier alpha value is -0.170. The second-order valence-corrected chi connectivity index (χ2v) is 6.86. The van der Waals surface area contributed by atoms with Crippen LogP contribution in [0.5, 0.6) is 0 Å². The molecule has 2 aromatic heterocycles. The van der Waals surface area contributed by atoms with E-state index in [0.29, 0.717) is 0 Å². The Kier molecular flexibility index (Phi) is 3.84. The van der Waals surface area contributed by atoms with Crippen molar-refractivity contribution in [3.63, 3.8) is 0 Å². The van der Waals surface area contributed by atoms with Gasteiger partial charge in [0, 0.05) is 28.6 Å². The molecule has 0 spiro atoms. The largest absolute Gasteiger partial charge is 0.323 e. The lowest BCUT2D eigenvalue weighted by molar-refractivity contribution is 0.732. The number of aryl methyl sites for hydroxylation is 1. The number of hydrogen-bond donors (Lipinski definition) is 1. The summed E-state index contributed by atoms with van der Waals surface area (Å²) >= 11 is 8.61. The Morgan fingerprint density at radius 1 is 1.56 bits per heavy atom. The Bertz CT molecular complexity index is 472. The number of thiophene rings is 1. The van der Waals surface area contributed by atoms with E-state index < -0.39 is 0 Å². The molecule has 1 atom stereocenters. The summed E-state index contributed by atoms with van der Waals surface area (Å²) < 4.78 is 3.95. The highest BCUT2D eigenvalue weighted by Gasteiger charge is 2.13. The highest BCUT2D eigenvalue weighted by Crippen LogP contribution is 2.35. The van der Waals surface area contributed by atoms with Gasteiger partial charge in [-0.25, -0.2) is 0 Å². The molecule has 0 aliphatic rings. The van der Waals surface area contributed by atoms with Crippen LogP contribution in [-0.2, 0) is 13.5 Å². The van der Waals surface area contributed by atoms with Crippen LogP contribution >= 0.6 is 43.2 Å². The van der Waals surface area contributed by atoms with Crippen LogP contribution in [0.3, 0.4) is 0 Å². The van der Waals surface area contributed by atoms with Crippen molar-refractivity contribution >= 4 is 43.2 Å². The molecule has 2 heterocycles. The molecule has 0 aliphatic carbocycles. The van der Waals surface area contributed by atoms with Crippen LogP contribution in [0.4, 0.5) is 0 Å². The van der Waals surface area contributed by atoms with E-state index in [9.17, 15) is 0 Å². The van der Waals surface area contributed by atoms with Gasteiger partial charge in [0.25, 0.3) is 0 Å². The van der Waals surface area contributed by atoms with Gasteiger partial charge in [-0.05, 0) is 49.9 Å². The van der Waals surface area contributed by atoms with Crippen molar-refractivity contribution < 1.29 is 0 Å². The maximum Gasteiger partial charge on any atom is 0.0843 e. The lowest BCUT2D eigenvalue weighted by Crippen LogP contribution is -2.11. The zero-order valence-corrected chi connectivity index (χ0v) is 12.6. The first-order chi connectivity index (χ1) is 7.56. The van der Waals surface area contributed by atoms with Crippen molar-refractivity contribution in [3.8, 4) is 0 Å². The van der Waals surface area contributed by atoms with Crippen LogP contribution in [-0.4, -0.2) is 9.78 Å². The molecule has 6 heteroatoms. The lowest BCUT2D eigenvalue weighted by Gasteiger charge is -2.06. The molecule has 0 saturated carbocycles. The minimum Gasteiger partial charge on any atom is -0.323 e. The molecule has 0 saturated heterocycles. The summed E-state index contributed by atoms with van der Waals surface area (Å²) in [5, 5.41) is 4.13. The maximum atomic E-state index is 6.15. The topological polar surface area (TPSA) is 43.8 Å². The van der Waals surface area contributed by atoms with Crippen LogP contribution in [0.15, 0.2) is 26.7 Å². The summed E-state index contributed by atoms with van der Waals surface area (Å²) in [6.07, 6.45) is 4.67. The Labute approximate surface area is 115 Å². The molecule has 2 aromatic rings. The molecule has 2 N–H and O–H groups in total. The standard InChI is InChI=1S/C10H11Br2N3S/c1-15-5-6(4-14-15)2-8(13)9-3-7(11)10(12)16-9/h3-5,8H,2,13H2,1H3. The van der Waals surface area contributed by atoms with E-state index in [0.717, 1.165) is 20.2 Å². The molecule has 0 aliphatic heterocycles. The lowest BCUT2D eigenvalue weighted by atomic mass is 10.1. The quantitative estimate of drug-likeness (QED) is 0.908. The van der Waals surface area contributed by atoms with Crippen LogP contribution in [0.1, 0.15) is 16.5 Å². The molecule has 1 unspecified atom stereocenters. The zero-order valence-electron chi connectivity index (χ0n) is 8.65.